The molecule has 2 aliphatic rings. The number of hydrogen-bond donors (Lipinski definition) is 1. The van der Waals surface area contributed by atoms with E-state index in [-0.39, 0.29) is 25.4 Å². The molecule has 2 fully saturated rings. The monoisotopic (exact) mass is 348 g/mol. The molecule has 1 aromatic rings. The average Bonchev–Trinajstić information content (AvgIpc) is 3.23. The van der Waals surface area contributed by atoms with Crippen LogP contribution in [-0.4, -0.2) is 48.3 Å². The first-order chi connectivity index (χ1) is 10.7. The van der Waals surface area contributed by atoms with E-state index in [0.717, 1.165) is 5.82 Å². The molecule has 0 radical (unpaired) electrons. The van der Waals surface area contributed by atoms with Gasteiger partial charge in [-0.25, -0.2) is 4.98 Å². The summed E-state index contributed by atoms with van der Waals surface area (Å²) < 4.78 is 39.3. The minimum Gasteiger partial charge on any atom is -0.397 e. The van der Waals surface area contributed by atoms with Crippen molar-refractivity contribution < 1.29 is 13.2 Å². The maximum atomic E-state index is 13.1. The first-order valence-corrected chi connectivity index (χ1v) is 8.06. The molecule has 23 heavy (non-hydrogen) atoms. The molecule has 4 nitrogen and oxygen atoms in total. The number of nitrogen functional groups attached to an aromatic ring is 1. The lowest BCUT2D eigenvalue weighted by Gasteiger charge is -2.42. The Morgan fingerprint density at radius 1 is 1.39 bits per heavy atom. The number of rotatable bonds is 3. The Kier molecular flexibility index (Phi) is 4.13. The molecule has 0 amide bonds. The second-order valence-corrected chi connectivity index (χ2v) is 7.03. The summed E-state index contributed by atoms with van der Waals surface area (Å²) in [6.45, 7) is 3.90. The summed E-state index contributed by atoms with van der Waals surface area (Å²) in [7, 11) is 0. The summed E-state index contributed by atoms with van der Waals surface area (Å²) in [6.07, 6.45) is -2.09. The fraction of sp³-hybridized carbons (Fsp3) is 0.667. The van der Waals surface area contributed by atoms with Gasteiger partial charge in [0.2, 0.25) is 0 Å². The lowest BCUT2D eigenvalue weighted by Crippen LogP contribution is -2.54. The van der Waals surface area contributed by atoms with Crippen LogP contribution in [0.4, 0.5) is 24.7 Å². The van der Waals surface area contributed by atoms with Crippen LogP contribution in [0.3, 0.4) is 0 Å². The summed E-state index contributed by atoms with van der Waals surface area (Å²) in [5, 5.41) is 0.404. The Morgan fingerprint density at radius 2 is 2.09 bits per heavy atom. The number of piperazine rings is 1. The van der Waals surface area contributed by atoms with Crippen LogP contribution in [0.1, 0.15) is 19.8 Å². The van der Waals surface area contributed by atoms with E-state index in [1.165, 1.54) is 6.20 Å². The summed E-state index contributed by atoms with van der Waals surface area (Å²) in [5.41, 5.74) is 4.79. The molecule has 2 heterocycles. The Morgan fingerprint density at radius 3 is 2.61 bits per heavy atom. The minimum absolute atomic E-state index is 0.0702. The maximum Gasteiger partial charge on any atom is 0.395 e. The second kappa shape index (κ2) is 5.70. The van der Waals surface area contributed by atoms with Crippen molar-refractivity contribution in [3.63, 3.8) is 0 Å². The van der Waals surface area contributed by atoms with Gasteiger partial charge >= 0.3 is 6.18 Å². The van der Waals surface area contributed by atoms with Crippen LogP contribution in [0.5, 0.6) is 0 Å². The Hall–Kier alpha value is -1.21. The fourth-order valence-electron chi connectivity index (χ4n) is 3.23. The van der Waals surface area contributed by atoms with Gasteiger partial charge in [-0.05, 0) is 19.8 Å². The number of alkyl halides is 3. The molecule has 1 saturated carbocycles. The third-order valence-corrected chi connectivity index (χ3v) is 5.17. The van der Waals surface area contributed by atoms with Crippen LogP contribution in [0.15, 0.2) is 12.3 Å². The molecule has 0 aromatic carbocycles. The summed E-state index contributed by atoms with van der Waals surface area (Å²) in [4.78, 5) is 8.26. The molecule has 1 atom stereocenters. The normalized spacial score (nSPS) is 24.7. The molecule has 1 aliphatic carbocycles. The third kappa shape index (κ3) is 3.21. The first kappa shape index (κ1) is 16.6. The van der Waals surface area contributed by atoms with Gasteiger partial charge in [-0.2, -0.15) is 13.2 Å². The van der Waals surface area contributed by atoms with Crippen molar-refractivity contribution in [1.29, 1.82) is 0 Å². The van der Waals surface area contributed by atoms with Crippen LogP contribution >= 0.6 is 11.6 Å². The number of halogens is 4. The Bertz CT molecular complexity index is 589. The molecular weight excluding hydrogens is 329 g/mol. The molecule has 0 spiro atoms. The molecule has 128 valence electrons. The lowest BCUT2D eigenvalue weighted by atomic mass is 10.0. The van der Waals surface area contributed by atoms with Gasteiger partial charge in [0.05, 0.1) is 16.1 Å². The largest absolute Gasteiger partial charge is 0.397 e. The van der Waals surface area contributed by atoms with Gasteiger partial charge in [-0.1, -0.05) is 11.6 Å². The molecule has 1 aliphatic heterocycles. The molecule has 8 heteroatoms. The maximum absolute atomic E-state index is 13.1. The van der Waals surface area contributed by atoms with E-state index in [4.69, 9.17) is 17.3 Å². The van der Waals surface area contributed by atoms with Gasteiger partial charge in [-0.3, -0.25) is 4.90 Å². The topological polar surface area (TPSA) is 45.4 Å². The number of pyridine rings is 1. The van der Waals surface area contributed by atoms with E-state index in [9.17, 15) is 13.2 Å². The number of anilines is 2. The summed E-state index contributed by atoms with van der Waals surface area (Å²) in [5.74, 6) is 0.719. The highest BCUT2D eigenvalue weighted by Crippen LogP contribution is 2.58. The van der Waals surface area contributed by atoms with Gasteiger partial charge in [0.25, 0.3) is 0 Å². The van der Waals surface area contributed by atoms with E-state index in [1.807, 2.05) is 11.8 Å². The minimum atomic E-state index is -4.10. The predicted molar refractivity (Wildman–Crippen MR) is 84.6 cm³/mol. The van der Waals surface area contributed by atoms with Gasteiger partial charge in [0.1, 0.15) is 5.82 Å². The molecule has 2 N–H and O–H groups in total. The molecule has 0 unspecified atom stereocenters. The zero-order valence-corrected chi connectivity index (χ0v) is 13.7. The SMILES string of the molecule is C[C@H]1CN(CC2(C(F)(F)F)CC2)CCN1c1cc(N)c(Cl)cn1. The first-order valence-electron chi connectivity index (χ1n) is 7.69. The highest BCUT2D eigenvalue weighted by atomic mass is 35.5. The van der Waals surface area contributed by atoms with Crippen molar-refractivity contribution in [2.45, 2.75) is 32.0 Å². The van der Waals surface area contributed by atoms with Gasteiger partial charge in [0.15, 0.2) is 0 Å². The van der Waals surface area contributed by atoms with Crippen LogP contribution in [0.25, 0.3) is 0 Å². The van der Waals surface area contributed by atoms with Gasteiger partial charge in [-0.15, -0.1) is 0 Å². The van der Waals surface area contributed by atoms with Crippen molar-refractivity contribution in [3.05, 3.63) is 17.3 Å². The van der Waals surface area contributed by atoms with Gasteiger partial charge in [0, 0.05) is 44.5 Å². The smallest absolute Gasteiger partial charge is 0.395 e. The fourth-order valence-corrected chi connectivity index (χ4v) is 3.33. The molecular formula is C15H20ClF3N4. The molecule has 1 aromatic heterocycles. The van der Waals surface area contributed by atoms with E-state index < -0.39 is 11.6 Å². The number of aromatic nitrogens is 1. The van der Waals surface area contributed by atoms with Crippen molar-refractivity contribution in [3.8, 4) is 0 Å². The van der Waals surface area contributed by atoms with Crippen LogP contribution in [0.2, 0.25) is 5.02 Å². The average molecular weight is 349 g/mol. The van der Waals surface area contributed by atoms with Crippen molar-refractivity contribution in [2.24, 2.45) is 5.41 Å². The third-order valence-electron chi connectivity index (χ3n) is 4.86. The van der Waals surface area contributed by atoms with Crippen molar-refractivity contribution in [1.82, 2.24) is 9.88 Å². The van der Waals surface area contributed by atoms with E-state index >= 15 is 0 Å². The summed E-state index contributed by atoms with van der Waals surface area (Å²) >= 11 is 5.88. The Labute approximate surface area is 138 Å². The van der Waals surface area contributed by atoms with E-state index in [0.29, 0.717) is 30.3 Å². The molecule has 3 rings (SSSR count). The van der Waals surface area contributed by atoms with Crippen molar-refractivity contribution >= 4 is 23.1 Å². The zero-order chi connectivity index (χ0) is 16.8. The van der Waals surface area contributed by atoms with E-state index in [2.05, 4.69) is 9.88 Å². The zero-order valence-electron chi connectivity index (χ0n) is 12.9. The predicted octanol–water partition coefficient (Wildman–Crippen LogP) is 3.17. The number of nitrogens with zero attached hydrogens (tertiary/aromatic N) is 3. The van der Waals surface area contributed by atoms with Crippen LogP contribution in [0, 0.1) is 5.41 Å². The van der Waals surface area contributed by atoms with Gasteiger partial charge < -0.3 is 10.6 Å². The second-order valence-electron chi connectivity index (χ2n) is 6.62. The number of hydrogen-bond acceptors (Lipinski definition) is 4. The van der Waals surface area contributed by atoms with Crippen LogP contribution in [-0.2, 0) is 0 Å². The lowest BCUT2D eigenvalue weighted by molar-refractivity contribution is -0.192. The molecule has 1 saturated heterocycles. The summed E-state index contributed by atoms with van der Waals surface area (Å²) in [6, 6.07) is 1.79. The quantitative estimate of drug-likeness (QED) is 0.911. The number of nitrogens with two attached hydrogens (primary N) is 1. The Balaban J connectivity index is 1.65. The van der Waals surface area contributed by atoms with Crippen LogP contribution < -0.4 is 10.6 Å². The highest BCUT2D eigenvalue weighted by Gasteiger charge is 2.63. The van der Waals surface area contributed by atoms with Crippen molar-refractivity contribution in [2.75, 3.05) is 36.8 Å². The standard InChI is InChI=1S/C15H20ClF3N4/c1-10-8-22(9-14(2-3-14)15(17,18)19)4-5-23(10)13-6-12(20)11(16)7-21-13/h6-7,10H,2-5,8-9H2,1H3,(H2,20,21)/t10-/m0/s1. The highest BCUT2D eigenvalue weighted by molar-refractivity contribution is 6.32. The molecule has 0 bridgehead atoms. The van der Waals surface area contributed by atoms with E-state index in [1.54, 1.807) is 6.07 Å².